The van der Waals surface area contributed by atoms with E-state index in [0.29, 0.717) is 21.2 Å². The molecule has 0 amide bonds. The Morgan fingerprint density at radius 2 is 2.12 bits per heavy atom. The van der Waals surface area contributed by atoms with Crippen molar-refractivity contribution >= 4 is 44.7 Å². The largest absolute Gasteiger partial charge is 0.495 e. The van der Waals surface area contributed by atoms with Crippen molar-refractivity contribution in [2.75, 3.05) is 7.11 Å². The van der Waals surface area contributed by atoms with Gasteiger partial charge in [-0.25, -0.2) is 0 Å². The van der Waals surface area contributed by atoms with E-state index in [1.54, 1.807) is 31.4 Å². The summed E-state index contributed by atoms with van der Waals surface area (Å²) >= 11 is 10.7. The lowest BCUT2D eigenvalue weighted by Gasteiger charge is -2.04. The van der Waals surface area contributed by atoms with Gasteiger partial charge in [0.25, 0.3) is 0 Å². The molecular formula is C12H8BrClO2S. The molecule has 88 valence electrons. The molecule has 0 fully saturated rings. The van der Waals surface area contributed by atoms with E-state index in [2.05, 4.69) is 15.9 Å². The summed E-state index contributed by atoms with van der Waals surface area (Å²) in [5.41, 5.74) is 0.560. The highest BCUT2D eigenvalue weighted by molar-refractivity contribution is 9.11. The number of benzene rings is 1. The van der Waals surface area contributed by atoms with E-state index < -0.39 is 0 Å². The highest BCUT2D eigenvalue weighted by Crippen LogP contribution is 2.28. The van der Waals surface area contributed by atoms with Gasteiger partial charge in [-0.2, -0.15) is 0 Å². The van der Waals surface area contributed by atoms with Crippen molar-refractivity contribution in [3.05, 3.63) is 49.6 Å². The number of ether oxygens (including phenoxy) is 1. The van der Waals surface area contributed by atoms with Crippen LogP contribution in [0.2, 0.25) is 5.02 Å². The average molecular weight is 332 g/mol. The van der Waals surface area contributed by atoms with E-state index >= 15 is 0 Å². The quantitative estimate of drug-likeness (QED) is 0.779. The molecule has 0 aliphatic rings. The highest BCUT2D eigenvalue weighted by atomic mass is 79.9. The van der Waals surface area contributed by atoms with Gasteiger partial charge in [-0.3, -0.25) is 4.79 Å². The minimum atomic E-state index is -0.0368. The van der Waals surface area contributed by atoms with Crippen LogP contribution >= 0.6 is 38.9 Å². The van der Waals surface area contributed by atoms with Gasteiger partial charge in [0, 0.05) is 5.56 Å². The third kappa shape index (κ3) is 2.70. The monoisotopic (exact) mass is 330 g/mol. The van der Waals surface area contributed by atoms with Crippen molar-refractivity contribution in [3.63, 3.8) is 0 Å². The number of hydrogen-bond donors (Lipinski definition) is 0. The summed E-state index contributed by atoms with van der Waals surface area (Å²) in [5.74, 6) is 0.529. The molecule has 0 saturated heterocycles. The first-order valence-corrected chi connectivity index (χ1v) is 6.74. The SMILES string of the molecule is COc1ccc(C(=O)c2ccc(Br)s2)cc1Cl. The van der Waals surface area contributed by atoms with Gasteiger partial charge < -0.3 is 4.74 Å². The first kappa shape index (κ1) is 12.6. The van der Waals surface area contributed by atoms with Gasteiger partial charge in [0.05, 0.1) is 20.8 Å². The van der Waals surface area contributed by atoms with Crippen LogP contribution in [0, 0.1) is 0 Å². The average Bonchev–Trinajstić information content (AvgIpc) is 2.75. The summed E-state index contributed by atoms with van der Waals surface area (Å²) in [4.78, 5) is 12.8. The van der Waals surface area contributed by atoms with E-state index in [4.69, 9.17) is 16.3 Å². The van der Waals surface area contributed by atoms with Crippen molar-refractivity contribution in [1.82, 2.24) is 0 Å². The first-order valence-electron chi connectivity index (χ1n) is 4.75. The number of carbonyl (C=O) groups is 1. The molecule has 0 aliphatic carbocycles. The Kier molecular flexibility index (Phi) is 3.86. The standard InChI is InChI=1S/C12H8BrClO2S/c1-16-9-3-2-7(6-8(9)14)12(15)10-4-5-11(13)17-10/h2-6H,1H3. The normalized spacial score (nSPS) is 10.3. The fourth-order valence-electron chi connectivity index (χ4n) is 1.39. The third-order valence-corrected chi connectivity index (χ3v) is 4.13. The minimum absolute atomic E-state index is 0.0368. The number of hydrogen-bond acceptors (Lipinski definition) is 3. The molecule has 0 bridgehead atoms. The Bertz CT molecular complexity index is 565. The van der Waals surface area contributed by atoms with E-state index in [1.807, 2.05) is 6.07 Å². The summed E-state index contributed by atoms with van der Waals surface area (Å²) < 4.78 is 5.97. The Labute approximate surface area is 116 Å². The van der Waals surface area contributed by atoms with Crippen LogP contribution in [0.4, 0.5) is 0 Å². The maximum atomic E-state index is 12.1. The topological polar surface area (TPSA) is 26.3 Å². The van der Waals surface area contributed by atoms with Crippen LogP contribution in [-0.2, 0) is 0 Å². The molecule has 0 N–H and O–H groups in total. The summed E-state index contributed by atoms with van der Waals surface area (Å²) in [5, 5.41) is 0.439. The van der Waals surface area contributed by atoms with Crippen LogP contribution < -0.4 is 4.74 Å². The fraction of sp³-hybridized carbons (Fsp3) is 0.0833. The molecule has 5 heteroatoms. The maximum Gasteiger partial charge on any atom is 0.203 e. The summed E-state index contributed by atoms with van der Waals surface area (Å²) in [6, 6.07) is 8.66. The molecule has 2 aromatic rings. The Morgan fingerprint density at radius 1 is 1.35 bits per heavy atom. The molecule has 1 aromatic carbocycles. The Balaban J connectivity index is 2.35. The van der Waals surface area contributed by atoms with Crippen LogP contribution in [0.25, 0.3) is 0 Å². The summed E-state index contributed by atoms with van der Waals surface area (Å²) in [7, 11) is 1.54. The smallest absolute Gasteiger partial charge is 0.203 e. The predicted octanol–water partition coefficient (Wildman–Crippen LogP) is 4.40. The van der Waals surface area contributed by atoms with E-state index in [-0.39, 0.29) is 5.78 Å². The Hall–Kier alpha value is -0.840. The number of thiophene rings is 1. The molecule has 0 aliphatic heterocycles. The first-order chi connectivity index (χ1) is 8.11. The number of methoxy groups -OCH3 is 1. The molecule has 0 radical (unpaired) electrons. The van der Waals surface area contributed by atoms with Crippen LogP contribution in [-0.4, -0.2) is 12.9 Å². The third-order valence-electron chi connectivity index (χ3n) is 2.21. The van der Waals surface area contributed by atoms with Crippen molar-refractivity contribution in [2.24, 2.45) is 0 Å². The molecule has 2 nitrogen and oxygen atoms in total. The zero-order chi connectivity index (χ0) is 12.4. The Morgan fingerprint density at radius 3 is 2.65 bits per heavy atom. The van der Waals surface area contributed by atoms with Gasteiger partial charge in [-0.05, 0) is 46.3 Å². The summed E-state index contributed by atoms with van der Waals surface area (Å²) in [6.45, 7) is 0. The lowest BCUT2D eigenvalue weighted by molar-refractivity contribution is 0.104. The number of ketones is 1. The molecule has 1 heterocycles. The van der Waals surface area contributed by atoms with Gasteiger partial charge >= 0.3 is 0 Å². The number of rotatable bonds is 3. The van der Waals surface area contributed by atoms with Gasteiger partial charge in [-0.1, -0.05) is 11.6 Å². The molecule has 0 unspecified atom stereocenters. The van der Waals surface area contributed by atoms with E-state index in [0.717, 1.165) is 3.79 Å². The van der Waals surface area contributed by atoms with E-state index in [1.165, 1.54) is 11.3 Å². The van der Waals surface area contributed by atoms with Crippen LogP contribution in [0.5, 0.6) is 5.75 Å². The van der Waals surface area contributed by atoms with Gasteiger partial charge in [-0.15, -0.1) is 11.3 Å². The van der Waals surface area contributed by atoms with Gasteiger partial charge in [0.2, 0.25) is 5.78 Å². The fourth-order valence-corrected chi connectivity index (χ4v) is 2.99. The highest BCUT2D eigenvalue weighted by Gasteiger charge is 2.13. The predicted molar refractivity (Wildman–Crippen MR) is 73.5 cm³/mol. The van der Waals surface area contributed by atoms with E-state index in [9.17, 15) is 4.79 Å². The van der Waals surface area contributed by atoms with Crippen LogP contribution in [0.1, 0.15) is 15.2 Å². The second-order valence-corrected chi connectivity index (χ2v) is 6.15. The second kappa shape index (κ2) is 5.21. The van der Waals surface area contributed by atoms with Crippen molar-refractivity contribution in [1.29, 1.82) is 0 Å². The molecular weight excluding hydrogens is 324 g/mol. The zero-order valence-corrected chi connectivity index (χ0v) is 12.0. The molecule has 0 saturated carbocycles. The maximum absolute atomic E-state index is 12.1. The number of halogens is 2. The molecule has 0 atom stereocenters. The zero-order valence-electron chi connectivity index (χ0n) is 8.87. The molecule has 1 aromatic heterocycles. The summed E-state index contributed by atoms with van der Waals surface area (Å²) in [6.07, 6.45) is 0. The number of carbonyl (C=O) groups excluding carboxylic acids is 1. The van der Waals surface area contributed by atoms with Gasteiger partial charge in [0.1, 0.15) is 5.75 Å². The van der Waals surface area contributed by atoms with Crippen molar-refractivity contribution in [2.45, 2.75) is 0 Å². The molecule has 2 rings (SSSR count). The molecule has 0 spiro atoms. The lowest BCUT2D eigenvalue weighted by Crippen LogP contribution is -1.98. The van der Waals surface area contributed by atoms with Crippen LogP contribution in [0.3, 0.4) is 0 Å². The molecule has 17 heavy (non-hydrogen) atoms. The lowest BCUT2D eigenvalue weighted by atomic mass is 10.1. The van der Waals surface area contributed by atoms with Crippen molar-refractivity contribution in [3.8, 4) is 5.75 Å². The van der Waals surface area contributed by atoms with Crippen molar-refractivity contribution < 1.29 is 9.53 Å². The second-order valence-electron chi connectivity index (χ2n) is 3.28. The van der Waals surface area contributed by atoms with Gasteiger partial charge in [0.15, 0.2) is 0 Å². The minimum Gasteiger partial charge on any atom is -0.495 e. The van der Waals surface area contributed by atoms with Crippen LogP contribution in [0.15, 0.2) is 34.1 Å².